The Hall–Kier alpha value is -2.51. The Morgan fingerprint density at radius 3 is 2.74 bits per heavy atom. The smallest absolute Gasteiger partial charge is 0.253 e. The van der Waals surface area contributed by atoms with Gasteiger partial charge in [-0.25, -0.2) is 4.98 Å². The highest BCUT2D eigenvalue weighted by atomic mass is 32.1. The summed E-state index contributed by atoms with van der Waals surface area (Å²) in [7, 11) is 0. The van der Waals surface area contributed by atoms with Crippen LogP contribution in [-0.4, -0.2) is 22.8 Å². The molecule has 2 heterocycles. The Morgan fingerprint density at radius 1 is 1.19 bits per heavy atom. The van der Waals surface area contributed by atoms with Crippen LogP contribution in [0.3, 0.4) is 0 Å². The first-order valence-corrected chi connectivity index (χ1v) is 10.6. The largest absolute Gasteiger partial charge is 0.350 e. The fourth-order valence-electron chi connectivity index (χ4n) is 2.46. The monoisotopic (exact) mass is 399 g/mol. The molecule has 0 fully saturated rings. The molecule has 27 heavy (non-hydrogen) atoms. The van der Waals surface area contributed by atoms with Gasteiger partial charge in [0.2, 0.25) is 5.91 Å². The van der Waals surface area contributed by atoms with Gasteiger partial charge in [0.25, 0.3) is 5.91 Å². The fourth-order valence-corrected chi connectivity index (χ4v) is 3.99. The maximum atomic E-state index is 12.5. The average molecular weight is 400 g/mol. The van der Waals surface area contributed by atoms with E-state index in [0.29, 0.717) is 11.3 Å². The Balaban J connectivity index is 1.67. The van der Waals surface area contributed by atoms with Crippen LogP contribution in [0, 0.1) is 0 Å². The highest BCUT2D eigenvalue weighted by Crippen LogP contribution is 2.26. The predicted molar refractivity (Wildman–Crippen MR) is 111 cm³/mol. The van der Waals surface area contributed by atoms with Gasteiger partial charge in [0.05, 0.1) is 23.4 Å². The molecule has 3 aromatic rings. The predicted octanol–water partition coefficient (Wildman–Crippen LogP) is 4.58. The summed E-state index contributed by atoms with van der Waals surface area (Å²) in [5, 5.41) is 12.6. The minimum atomic E-state index is -0.194. The van der Waals surface area contributed by atoms with E-state index in [-0.39, 0.29) is 24.3 Å². The number of rotatable bonds is 7. The van der Waals surface area contributed by atoms with Crippen molar-refractivity contribution in [2.45, 2.75) is 32.7 Å². The van der Waals surface area contributed by atoms with Gasteiger partial charge >= 0.3 is 0 Å². The van der Waals surface area contributed by atoms with E-state index in [2.05, 4.69) is 15.6 Å². The molecule has 1 aromatic carbocycles. The Bertz CT molecular complexity index is 919. The van der Waals surface area contributed by atoms with Crippen molar-refractivity contribution in [2.24, 2.45) is 0 Å². The highest BCUT2D eigenvalue weighted by molar-refractivity contribution is 7.14. The number of carbonyl (C=O) groups excluding carboxylic acids is 2. The van der Waals surface area contributed by atoms with E-state index < -0.39 is 0 Å². The lowest BCUT2D eigenvalue weighted by atomic mass is 10.1. The van der Waals surface area contributed by atoms with Gasteiger partial charge in [0.1, 0.15) is 5.01 Å². The van der Waals surface area contributed by atoms with Crippen molar-refractivity contribution >= 4 is 40.2 Å². The van der Waals surface area contributed by atoms with Crippen LogP contribution in [0.15, 0.2) is 46.5 Å². The molecule has 2 aromatic heterocycles. The van der Waals surface area contributed by atoms with Crippen LogP contribution < -0.4 is 10.6 Å². The molecule has 0 spiro atoms. The van der Waals surface area contributed by atoms with Crippen molar-refractivity contribution in [2.75, 3.05) is 5.32 Å². The van der Waals surface area contributed by atoms with Crippen LogP contribution >= 0.6 is 22.7 Å². The van der Waals surface area contributed by atoms with Gasteiger partial charge in [-0.3, -0.25) is 9.59 Å². The fraction of sp³-hybridized carbons (Fsp3) is 0.250. The molecule has 2 amide bonds. The molecule has 7 heteroatoms. The van der Waals surface area contributed by atoms with Gasteiger partial charge in [0, 0.05) is 22.4 Å². The zero-order chi connectivity index (χ0) is 19.2. The molecule has 2 N–H and O–H groups in total. The van der Waals surface area contributed by atoms with Gasteiger partial charge in [0.15, 0.2) is 0 Å². The summed E-state index contributed by atoms with van der Waals surface area (Å²) in [6.07, 6.45) is 1.01. The number of thiophene rings is 1. The van der Waals surface area contributed by atoms with Gasteiger partial charge in [-0.05, 0) is 36.9 Å². The second kappa shape index (κ2) is 8.92. The standard InChI is InChI=1S/C20H21N3O2S2/c1-3-13(2)21-19(25)16-6-4-5-7-17(16)23-18(24)10-15-12-27-20(22-15)14-8-9-26-11-14/h4-9,11-13H,3,10H2,1-2H3,(H,21,25)(H,23,24). The topological polar surface area (TPSA) is 71.1 Å². The number of aromatic nitrogens is 1. The van der Waals surface area contributed by atoms with Crippen LogP contribution in [0.1, 0.15) is 36.3 Å². The lowest BCUT2D eigenvalue weighted by Crippen LogP contribution is -2.32. The average Bonchev–Trinajstić information content (AvgIpc) is 3.33. The van der Waals surface area contributed by atoms with Crippen LogP contribution in [-0.2, 0) is 11.2 Å². The zero-order valence-corrected chi connectivity index (χ0v) is 16.8. The van der Waals surface area contributed by atoms with E-state index >= 15 is 0 Å². The van der Waals surface area contributed by atoms with E-state index in [0.717, 1.165) is 22.7 Å². The number of para-hydroxylation sites is 1. The van der Waals surface area contributed by atoms with E-state index in [1.54, 1.807) is 35.6 Å². The lowest BCUT2D eigenvalue weighted by molar-refractivity contribution is -0.115. The van der Waals surface area contributed by atoms with Crippen LogP contribution in [0.4, 0.5) is 5.69 Å². The van der Waals surface area contributed by atoms with Crippen molar-refractivity contribution in [3.63, 3.8) is 0 Å². The van der Waals surface area contributed by atoms with Gasteiger partial charge in [-0.1, -0.05) is 19.1 Å². The first-order valence-electron chi connectivity index (χ1n) is 8.73. The molecule has 1 unspecified atom stereocenters. The third kappa shape index (κ3) is 5.02. The number of nitrogens with one attached hydrogen (secondary N) is 2. The minimum Gasteiger partial charge on any atom is -0.350 e. The molecule has 0 aliphatic heterocycles. The first kappa shape index (κ1) is 19.3. The third-order valence-corrected chi connectivity index (χ3v) is 5.72. The third-order valence-electron chi connectivity index (χ3n) is 4.10. The number of hydrogen-bond acceptors (Lipinski definition) is 5. The molecule has 1 atom stereocenters. The Labute approximate surface area is 166 Å². The summed E-state index contributed by atoms with van der Waals surface area (Å²) >= 11 is 3.14. The summed E-state index contributed by atoms with van der Waals surface area (Å²) < 4.78 is 0. The second-order valence-corrected chi connectivity index (χ2v) is 7.85. The molecule has 0 saturated carbocycles. The summed E-state index contributed by atoms with van der Waals surface area (Å²) in [5.74, 6) is -0.380. The van der Waals surface area contributed by atoms with Crippen molar-refractivity contribution < 1.29 is 9.59 Å². The van der Waals surface area contributed by atoms with Crippen LogP contribution in [0.2, 0.25) is 0 Å². The van der Waals surface area contributed by atoms with Gasteiger partial charge in [-0.15, -0.1) is 11.3 Å². The molecule has 0 radical (unpaired) electrons. The summed E-state index contributed by atoms with van der Waals surface area (Å²) in [4.78, 5) is 29.4. The number of hydrogen-bond donors (Lipinski definition) is 2. The van der Waals surface area contributed by atoms with E-state index in [1.807, 2.05) is 36.1 Å². The quantitative estimate of drug-likeness (QED) is 0.611. The van der Waals surface area contributed by atoms with E-state index in [9.17, 15) is 9.59 Å². The molecule has 0 aliphatic carbocycles. The highest BCUT2D eigenvalue weighted by Gasteiger charge is 2.15. The van der Waals surface area contributed by atoms with E-state index in [4.69, 9.17) is 0 Å². The molecule has 5 nitrogen and oxygen atoms in total. The molecule has 0 aliphatic rings. The van der Waals surface area contributed by atoms with Gasteiger partial charge in [-0.2, -0.15) is 11.3 Å². The number of amides is 2. The van der Waals surface area contributed by atoms with Crippen LogP contribution in [0.25, 0.3) is 10.6 Å². The van der Waals surface area contributed by atoms with Crippen molar-refractivity contribution in [3.8, 4) is 10.6 Å². The van der Waals surface area contributed by atoms with Crippen molar-refractivity contribution in [1.82, 2.24) is 10.3 Å². The second-order valence-electron chi connectivity index (χ2n) is 6.21. The van der Waals surface area contributed by atoms with Crippen molar-refractivity contribution in [1.29, 1.82) is 0 Å². The molecule has 140 valence electrons. The molecular formula is C20H21N3O2S2. The molecule has 0 saturated heterocycles. The molecule has 0 bridgehead atoms. The first-order chi connectivity index (χ1) is 13.1. The zero-order valence-electron chi connectivity index (χ0n) is 15.2. The number of anilines is 1. The number of carbonyl (C=O) groups is 2. The Morgan fingerprint density at radius 2 is 2.00 bits per heavy atom. The number of benzene rings is 1. The maximum Gasteiger partial charge on any atom is 0.253 e. The number of nitrogens with zero attached hydrogens (tertiary/aromatic N) is 1. The normalized spacial score (nSPS) is 11.8. The summed E-state index contributed by atoms with van der Waals surface area (Å²) in [5.41, 5.74) is 2.77. The summed E-state index contributed by atoms with van der Waals surface area (Å²) in [6.45, 7) is 3.96. The molecule has 3 rings (SSSR count). The SMILES string of the molecule is CCC(C)NC(=O)c1ccccc1NC(=O)Cc1csc(-c2ccsc2)n1. The molecular weight excluding hydrogens is 378 g/mol. The number of thiazole rings is 1. The Kier molecular flexibility index (Phi) is 6.36. The van der Waals surface area contributed by atoms with Crippen LogP contribution in [0.5, 0.6) is 0 Å². The lowest BCUT2D eigenvalue weighted by Gasteiger charge is -2.14. The van der Waals surface area contributed by atoms with E-state index in [1.165, 1.54) is 11.3 Å². The minimum absolute atomic E-state index is 0.0757. The van der Waals surface area contributed by atoms with Gasteiger partial charge < -0.3 is 10.6 Å². The van der Waals surface area contributed by atoms with Crippen molar-refractivity contribution in [3.05, 3.63) is 57.7 Å². The summed E-state index contributed by atoms with van der Waals surface area (Å²) in [6, 6.07) is 9.12. The maximum absolute atomic E-state index is 12.5.